The van der Waals surface area contributed by atoms with E-state index in [2.05, 4.69) is 27.2 Å². The van der Waals surface area contributed by atoms with Crippen LogP contribution in [0.1, 0.15) is 41.1 Å². The van der Waals surface area contributed by atoms with Crippen LogP contribution in [0.5, 0.6) is 0 Å². The number of nitrogens with zero attached hydrogens (tertiary/aromatic N) is 4. The summed E-state index contributed by atoms with van der Waals surface area (Å²) in [6.45, 7) is 7.10. The Balaban J connectivity index is 1.63. The summed E-state index contributed by atoms with van der Waals surface area (Å²) in [4.78, 5) is 30.7. The monoisotopic (exact) mass is 340 g/mol. The quantitative estimate of drug-likeness (QED) is 0.728. The van der Waals surface area contributed by atoms with E-state index in [1.165, 1.54) is 6.07 Å². The number of hydrogen-bond acceptors (Lipinski definition) is 4. The van der Waals surface area contributed by atoms with Crippen molar-refractivity contribution in [2.24, 2.45) is 0 Å². The lowest BCUT2D eigenvalue weighted by Crippen LogP contribution is -2.38. The first-order chi connectivity index (χ1) is 11.9. The minimum atomic E-state index is -0.198. The molecule has 0 radical (unpaired) electrons. The fraction of sp³-hybridized carbons (Fsp3) is 0.412. The van der Waals surface area contributed by atoms with Crippen molar-refractivity contribution in [3.63, 3.8) is 0 Å². The number of rotatable bonds is 2. The number of nitrogens with one attached hydrogen (secondary N) is 2. The summed E-state index contributed by atoms with van der Waals surface area (Å²) in [6.07, 6.45) is 2.06. The van der Waals surface area contributed by atoms with E-state index >= 15 is 0 Å². The van der Waals surface area contributed by atoms with Gasteiger partial charge in [-0.1, -0.05) is 6.92 Å². The van der Waals surface area contributed by atoms with Gasteiger partial charge in [0.2, 0.25) is 5.91 Å². The number of amides is 1. The minimum Gasteiger partial charge on any atom is -0.337 e. The molecule has 3 aromatic heterocycles. The average Bonchev–Trinajstić information content (AvgIpc) is 3.17. The number of carbonyl (C=O) groups is 1. The van der Waals surface area contributed by atoms with Gasteiger partial charge < -0.3 is 4.90 Å². The Morgan fingerprint density at radius 3 is 3.00 bits per heavy atom. The summed E-state index contributed by atoms with van der Waals surface area (Å²) >= 11 is 0. The molecular weight excluding hydrogens is 320 g/mol. The van der Waals surface area contributed by atoms with Crippen molar-refractivity contribution in [2.45, 2.75) is 39.7 Å². The molecule has 130 valence electrons. The molecule has 1 atom stereocenters. The van der Waals surface area contributed by atoms with Crippen LogP contribution >= 0.6 is 0 Å². The summed E-state index contributed by atoms with van der Waals surface area (Å²) in [5, 5.41) is 9.83. The van der Waals surface area contributed by atoms with E-state index in [0.29, 0.717) is 18.7 Å². The van der Waals surface area contributed by atoms with Crippen molar-refractivity contribution in [2.75, 3.05) is 6.54 Å². The van der Waals surface area contributed by atoms with E-state index in [9.17, 15) is 9.59 Å². The van der Waals surface area contributed by atoms with Crippen LogP contribution in [-0.4, -0.2) is 42.1 Å². The molecule has 1 amide bonds. The minimum absolute atomic E-state index is 0.0561. The molecule has 0 saturated heterocycles. The van der Waals surface area contributed by atoms with Crippen LogP contribution in [0.3, 0.4) is 0 Å². The second-order valence-electron chi connectivity index (χ2n) is 6.74. The summed E-state index contributed by atoms with van der Waals surface area (Å²) in [6, 6.07) is 1.46. The zero-order valence-corrected chi connectivity index (χ0v) is 14.5. The Morgan fingerprint density at radius 1 is 1.40 bits per heavy atom. The van der Waals surface area contributed by atoms with Crippen LogP contribution in [0.2, 0.25) is 0 Å². The Labute approximate surface area is 143 Å². The highest BCUT2D eigenvalue weighted by Crippen LogP contribution is 2.26. The van der Waals surface area contributed by atoms with Crippen LogP contribution < -0.4 is 5.56 Å². The van der Waals surface area contributed by atoms with Gasteiger partial charge in [0.15, 0.2) is 5.65 Å². The first kappa shape index (κ1) is 15.6. The molecule has 1 unspecified atom stereocenters. The third-order valence-electron chi connectivity index (χ3n) is 4.98. The second kappa shape index (κ2) is 5.58. The predicted octanol–water partition coefficient (Wildman–Crippen LogP) is 1.05. The van der Waals surface area contributed by atoms with Gasteiger partial charge in [0.05, 0.1) is 12.6 Å². The third-order valence-corrected chi connectivity index (χ3v) is 4.98. The first-order valence-electron chi connectivity index (χ1n) is 8.32. The summed E-state index contributed by atoms with van der Waals surface area (Å²) in [5.41, 5.74) is 5.04. The largest absolute Gasteiger partial charge is 0.337 e. The van der Waals surface area contributed by atoms with Gasteiger partial charge in [-0.25, -0.2) is 9.50 Å². The molecule has 8 nitrogen and oxygen atoms in total. The first-order valence-corrected chi connectivity index (χ1v) is 8.32. The van der Waals surface area contributed by atoms with Crippen molar-refractivity contribution in [1.82, 2.24) is 29.7 Å². The molecule has 1 aliphatic rings. The highest BCUT2D eigenvalue weighted by Gasteiger charge is 2.27. The van der Waals surface area contributed by atoms with Crippen molar-refractivity contribution in [3.8, 4) is 0 Å². The topological polar surface area (TPSA) is 99.1 Å². The normalized spacial score (nSPS) is 17.1. The molecule has 0 bridgehead atoms. The van der Waals surface area contributed by atoms with E-state index in [1.54, 1.807) is 10.7 Å². The molecule has 4 heterocycles. The Kier molecular flexibility index (Phi) is 3.48. The zero-order valence-electron chi connectivity index (χ0n) is 14.5. The van der Waals surface area contributed by atoms with Gasteiger partial charge in [0, 0.05) is 53.3 Å². The SMILES string of the molecule is Cc1nc2cc(=O)[nH]n2c(C)c1CC(=O)N1Cc2cn[nH]c2C(C)C1. The molecule has 0 spiro atoms. The number of aryl methyl sites for hydroxylation is 2. The predicted molar refractivity (Wildman–Crippen MR) is 91.4 cm³/mol. The summed E-state index contributed by atoms with van der Waals surface area (Å²) in [7, 11) is 0. The molecule has 0 aliphatic carbocycles. The van der Waals surface area contributed by atoms with Crippen LogP contribution in [-0.2, 0) is 17.8 Å². The van der Waals surface area contributed by atoms with Crippen LogP contribution in [0.25, 0.3) is 5.65 Å². The second-order valence-corrected chi connectivity index (χ2v) is 6.74. The molecule has 1 aliphatic heterocycles. The summed E-state index contributed by atoms with van der Waals surface area (Å²) in [5.74, 6) is 0.291. The lowest BCUT2D eigenvalue weighted by molar-refractivity contribution is -0.131. The van der Waals surface area contributed by atoms with Crippen molar-refractivity contribution in [3.05, 3.63) is 50.8 Å². The number of fused-ring (bicyclic) bond motifs is 2. The Hall–Kier alpha value is -2.90. The van der Waals surface area contributed by atoms with Gasteiger partial charge in [-0.3, -0.25) is 19.8 Å². The van der Waals surface area contributed by atoms with Crippen molar-refractivity contribution >= 4 is 11.6 Å². The maximum atomic E-state index is 12.9. The fourth-order valence-corrected chi connectivity index (χ4v) is 3.63. The Bertz CT molecular complexity index is 1030. The van der Waals surface area contributed by atoms with Gasteiger partial charge in [-0.05, 0) is 13.8 Å². The number of H-pyrrole nitrogens is 2. The van der Waals surface area contributed by atoms with Gasteiger partial charge >= 0.3 is 0 Å². The maximum Gasteiger partial charge on any atom is 0.266 e. The van der Waals surface area contributed by atoms with E-state index in [-0.39, 0.29) is 23.8 Å². The third kappa shape index (κ3) is 2.54. The van der Waals surface area contributed by atoms with E-state index in [0.717, 1.165) is 28.2 Å². The average molecular weight is 340 g/mol. The van der Waals surface area contributed by atoms with Gasteiger partial charge in [-0.15, -0.1) is 0 Å². The van der Waals surface area contributed by atoms with E-state index in [4.69, 9.17) is 0 Å². The van der Waals surface area contributed by atoms with Crippen LogP contribution in [0.4, 0.5) is 0 Å². The molecule has 2 N–H and O–H groups in total. The molecule has 3 aromatic rings. The fourth-order valence-electron chi connectivity index (χ4n) is 3.63. The van der Waals surface area contributed by atoms with E-state index in [1.807, 2.05) is 18.7 Å². The zero-order chi connectivity index (χ0) is 17.7. The standard InChI is InChI=1S/C17H20N6O2/c1-9-7-22(8-12-6-18-20-17(9)12)16(25)4-13-10(2)19-14-5-15(24)21-23(14)11(13)3/h5-6,9H,4,7-8H2,1-3H3,(H,18,20)(H,21,24). The molecule has 25 heavy (non-hydrogen) atoms. The number of aromatic amines is 2. The van der Waals surface area contributed by atoms with Crippen LogP contribution in [0.15, 0.2) is 17.1 Å². The van der Waals surface area contributed by atoms with Crippen molar-refractivity contribution < 1.29 is 4.79 Å². The molecular formula is C17H20N6O2. The van der Waals surface area contributed by atoms with Gasteiger partial charge in [0.1, 0.15) is 0 Å². The molecule has 0 aromatic carbocycles. The highest BCUT2D eigenvalue weighted by atomic mass is 16.2. The maximum absolute atomic E-state index is 12.9. The lowest BCUT2D eigenvalue weighted by Gasteiger charge is -2.31. The van der Waals surface area contributed by atoms with Gasteiger partial charge in [0.25, 0.3) is 5.56 Å². The lowest BCUT2D eigenvalue weighted by atomic mass is 9.97. The Morgan fingerprint density at radius 2 is 2.20 bits per heavy atom. The van der Waals surface area contributed by atoms with Gasteiger partial charge in [-0.2, -0.15) is 5.10 Å². The smallest absolute Gasteiger partial charge is 0.266 e. The molecule has 0 fully saturated rings. The van der Waals surface area contributed by atoms with E-state index < -0.39 is 0 Å². The molecule has 8 heteroatoms. The van der Waals surface area contributed by atoms with Crippen molar-refractivity contribution in [1.29, 1.82) is 0 Å². The number of carbonyl (C=O) groups excluding carboxylic acids is 1. The van der Waals surface area contributed by atoms with Crippen LogP contribution in [0, 0.1) is 13.8 Å². The molecule has 0 saturated carbocycles. The number of aromatic nitrogens is 5. The highest BCUT2D eigenvalue weighted by molar-refractivity contribution is 5.79. The number of hydrogen-bond donors (Lipinski definition) is 2. The molecule has 4 rings (SSSR count). The summed E-state index contributed by atoms with van der Waals surface area (Å²) < 4.78 is 1.64.